The van der Waals surface area contributed by atoms with Crippen LogP contribution < -0.4 is 5.32 Å². The van der Waals surface area contributed by atoms with Gasteiger partial charge in [-0.25, -0.2) is 0 Å². The largest absolute Gasteiger partial charge is 0.508 e. The fraction of sp³-hybridized carbons (Fsp3) is 0.222. The highest BCUT2D eigenvalue weighted by Crippen LogP contribution is 2.15. The van der Waals surface area contributed by atoms with Gasteiger partial charge in [0.1, 0.15) is 5.75 Å². The van der Waals surface area contributed by atoms with Crippen LogP contribution in [-0.4, -0.2) is 16.9 Å². The summed E-state index contributed by atoms with van der Waals surface area (Å²) in [6.07, 6.45) is 0.275. The quantitative estimate of drug-likeness (QED) is 0.732. The highest BCUT2D eigenvalue weighted by molar-refractivity contribution is 6.19. The predicted octanol–water partition coefficient (Wildman–Crippen LogP) is 1.96. The number of phenolic OH excluding ortho intramolecular Hbond substituents is 1. The first kappa shape index (κ1) is 9.86. The van der Waals surface area contributed by atoms with Gasteiger partial charge in [0.2, 0.25) is 5.91 Å². The van der Waals surface area contributed by atoms with E-state index in [9.17, 15) is 4.79 Å². The van der Waals surface area contributed by atoms with E-state index >= 15 is 0 Å². The second-order valence-electron chi connectivity index (χ2n) is 2.54. The van der Waals surface area contributed by atoms with E-state index in [0.29, 0.717) is 11.6 Å². The van der Waals surface area contributed by atoms with Gasteiger partial charge in [-0.05, 0) is 12.1 Å². The standard InChI is InChI=1S/C9H10ClNO2/c10-5-4-9(13)11-7-2-1-3-8(12)6-7/h1-3,6,12H,4-5H2,(H,11,13). The Labute approximate surface area is 81.3 Å². The SMILES string of the molecule is O=C(CCCl)Nc1cccc(O)c1. The molecule has 0 aliphatic rings. The number of alkyl halides is 1. The normalized spacial score (nSPS) is 9.62. The van der Waals surface area contributed by atoms with Gasteiger partial charge in [0, 0.05) is 24.1 Å². The van der Waals surface area contributed by atoms with Gasteiger partial charge in [0.15, 0.2) is 0 Å². The van der Waals surface area contributed by atoms with E-state index < -0.39 is 0 Å². The molecule has 0 saturated heterocycles. The molecule has 0 bridgehead atoms. The highest BCUT2D eigenvalue weighted by Gasteiger charge is 2.00. The number of nitrogens with one attached hydrogen (secondary N) is 1. The number of rotatable bonds is 3. The summed E-state index contributed by atoms with van der Waals surface area (Å²) >= 11 is 5.38. The fourth-order valence-corrected chi connectivity index (χ4v) is 1.06. The van der Waals surface area contributed by atoms with E-state index in [-0.39, 0.29) is 18.1 Å². The number of halogens is 1. The van der Waals surface area contributed by atoms with Gasteiger partial charge in [-0.3, -0.25) is 4.79 Å². The molecule has 0 saturated carbocycles. The van der Waals surface area contributed by atoms with E-state index in [2.05, 4.69) is 5.32 Å². The van der Waals surface area contributed by atoms with Crippen LogP contribution in [0.3, 0.4) is 0 Å². The molecule has 2 N–H and O–H groups in total. The average molecular weight is 200 g/mol. The Balaban J connectivity index is 2.58. The summed E-state index contributed by atoms with van der Waals surface area (Å²) < 4.78 is 0. The maximum absolute atomic E-state index is 11.0. The van der Waals surface area contributed by atoms with Crippen LogP contribution in [0.25, 0.3) is 0 Å². The topological polar surface area (TPSA) is 49.3 Å². The summed E-state index contributed by atoms with van der Waals surface area (Å²) in [6, 6.07) is 6.38. The molecule has 0 radical (unpaired) electrons. The Morgan fingerprint density at radius 3 is 2.92 bits per heavy atom. The minimum absolute atomic E-state index is 0.128. The molecule has 13 heavy (non-hydrogen) atoms. The summed E-state index contributed by atoms with van der Waals surface area (Å²) in [5, 5.41) is 11.7. The number of carbonyl (C=O) groups excluding carboxylic acids is 1. The third-order valence-corrected chi connectivity index (χ3v) is 1.64. The molecule has 1 rings (SSSR count). The second kappa shape index (κ2) is 4.72. The van der Waals surface area contributed by atoms with Crippen LogP contribution in [0.15, 0.2) is 24.3 Å². The lowest BCUT2D eigenvalue weighted by Gasteiger charge is -2.03. The smallest absolute Gasteiger partial charge is 0.225 e. The van der Waals surface area contributed by atoms with Gasteiger partial charge in [0.25, 0.3) is 0 Å². The van der Waals surface area contributed by atoms with Crippen molar-refractivity contribution >= 4 is 23.2 Å². The van der Waals surface area contributed by atoms with Crippen molar-refractivity contribution in [3.05, 3.63) is 24.3 Å². The summed E-state index contributed by atoms with van der Waals surface area (Å²) in [4.78, 5) is 11.0. The van der Waals surface area contributed by atoms with Crippen molar-refractivity contribution < 1.29 is 9.90 Å². The molecular weight excluding hydrogens is 190 g/mol. The van der Waals surface area contributed by atoms with Crippen molar-refractivity contribution in [1.29, 1.82) is 0 Å². The first-order valence-corrected chi connectivity index (χ1v) is 4.40. The van der Waals surface area contributed by atoms with Crippen molar-refractivity contribution in [3.8, 4) is 5.75 Å². The molecule has 0 heterocycles. The molecule has 0 aromatic heterocycles. The first-order chi connectivity index (χ1) is 6.22. The van der Waals surface area contributed by atoms with Crippen molar-refractivity contribution in [2.24, 2.45) is 0 Å². The summed E-state index contributed by atoms with van der Waals surface area (Å²) in [7, 11) is 0. The number of anilines is 1. The van der Waals surface area contributed by atoms with Gasteiger partial charge in [-0.1, -0.05) is 6.07 Å². The third kappa shape index (κ3) is 3.34. The molecule has 0 unspecified atom stereocenters. The van der Waals surface area contributed by atoms with Crippen molar-refractivity contribution in [3.63, 3.8) is 0 Å². The molecule has 3 nitrogen and oxygen atoms in total. The Morgan fingerprint density at radius 1 is 1.54 bits per heavy atom. The van der Waals surface area contributed by atoms with Crippen LogP contribution in [0.4, 0.5) is 5.69 Å². The number of hydrogen-bond donors (Lipinski definition) is 2. The van der Waals surface area contributed by atoms with Crippen molar-refractivity contribution in [2.45, 2.75) is 6.42 Å². The third-order valence-electron chi connectivity index (χ3n) is 1.45. The zero-order chi connectivity index (χ0) is 9.68. The van der Waals surface area contributed by atoms with Gasteiger partial charge in [-0.2, -0.15) is 0 Å². The molecule has 0 atom stereocenters. The second-order valence-corrected chi connectivity index (χ2v) is 2.92. The fourth-order valence-electron chi connectivity index (χ4n) is 0.893. The van der Waals surface area contributed by atoms with E-state index in [1.807, 2.05) is 0 Å². The molecule has 1 aromatic rings. The van der Waals surface area contributed by atoms with E-state index in [4.69, 9.17) is 16.7 Å². The lowest BCUT2D eigenvalue weighted by molar-refractivity contribution is -0.115. The van der Waals surface area contributed by atoms with E-state index in [1.54, 1.807) is 12.1 Å². The summed E-state index contributed by atoms with van der Waals surface area (Å²) in [5.41, 5.74) is 0.579. The summed E-state index contributed by atoms with van der Waals surface area (Å²) in [6.45, 7) is 0. The number of aromatic hydroxyl groups is 1. The number of hydrogen-bond acceptors (Lipinski definition) is 2. The Kier molecular flexibility index (Phi) is 3.58. The van der Waals surface area contributed by atoms with Crippen LogP contribution in [0.1, 0.15) is 6.42 Å². The molecule has 1 aromatic carbocycles. The monoisotopic (exact) mass is 199 g/mol. The van der Waals surface area contributed by atoms with E-state index in [1.165, 1.54) is 12.1 Å². The van der Waals surface area contributed by atoms with E-state index in [0.717, 1.165) is 0 Å². The number of phenols is 1. The van der Waals surface area contributed by atoms with Crippen LogP contribution in [0.2, 0.25) is 0 Å². The highest BCUT2D eigenvalue weighted by atomic mass is 35.5. The van der Waals surface area contributed by atoms with Gasteiger partial charge >= 0.3 is 0 Å². The molecular formula is C9H10ClNO2. The van der Waals surface area contributed by atoms with Crippen LogP contribution >= 0.6 is 11.6 Å². The van der Waals surface area contributed by atoms with Crippen molar-refractivity contribution in [2.75, 3.05) is 11.2 Å². The lowest BCUT2D eigenvalue weighted by atomic mass is 10.3. The number of carbonyl (C=O) groups is 1. The average Bonchev–Trinajstić information content (AvgIpc) is 2.04. The maximum Gasteiger partial charge on any atom is 0.225 e. The molecule has 4 heteroatoms. The minimum atomic E-state index is -0.152. The zero-order valence-electron chi connectivity index (χ0n) is 6.96. The minimum Gasteiger partial charge on any atom is -0.508 e. The summed E-state index contributed by atoms with van der Waals surface area (Å²) in [5.74, 6) is 0.272. The van der Waals surface area contributed by atoms with Crippen molar-refractivity contribution in [1.82, 2.24) is 0 Å². The molecule has 1 amide bonds. The zero-order valence-corrected chi connectivity index (χ0v) is 7.71. The van der Waals surface area contributed by atoms with Crippen LogP contribution in [0.5, 0.6) is 5.75 Å². The van der Waals surface area contributed by atoms with Crippen LogP contribution in [-0.2, 0) is 4.79 Å². The predicted molar refractivity (Wildman–Crippen MR) is 52.1 cm³/mol. The number of amides is 1. The van der Waals surface area contributed by atoms with Gasteiger partial charge in [0.05, 0.1) is 0 Å². The lowest BCUT2D eigenvalue weighted by Crippen LogP contribution is -2.11. The number of benzene rings is 1. The molecule has 0 spiro atoms. The Morgan fingerprint density at radius 2 is 2.31 bits per heavy atom. The molecule has 0 aliphatic heterocycles. The first-order valence-electron chi connectivity index (χ1n) is 3.87. The van der Waals surface area contributed by atoms with Gasteiger partial charge in [-0.15, -0.1) is 11.6 Å². The molecule has 0 aliphatic carbocycles. The Bertz CT molecular complexity index is 301. The molecule has 0 fully saturated rings. The van der Waals surface area contributed by atoms with Gasteiger partial charge < -0.3 is 10.4 Å². The molecule has 70 valence electrons. The van der Waals surface area contributed by atoms with Crippen LogP contribution in [0, 0.1) is 0 Å². The maximum atomic E-state index is 11.0. The Hall–Kier alpha value is -1.22.